The molecule has 0 radical (unpaired) electrons. The van der Waals surface area contributed by atoms with Crippen molar-refractivity contribution >= 4 is 11.0 Å². The highest BCUT2D eigenvalue weighted by Gasteiger charge is 2.34. The lowest BCUT2D eigenvalue weighted by atomic mass is 10.2. The van der Waals surface area contributed by atoms with Crippen molar-refractivity contribution in [3.8, 4) is 0 Å². The van der Waals surface area contributed by atoms with Crippen LogP contribution in [0.3, 0.4) is 0 Å². The summed E-state index contributed by atoms with van der Waals surface area (Å²) >= 11 is 0. The van der Waals surface area contributed by atoms with Gasteiger partial charge in [-0.2, -0.15) is 0 Å². The SMILES string of the molecule is COC1CNC(c2nc3ccccc3n2C2CC2)C1. The first-order chi connectivity index (χ1) is 9.36. The fraction of sp³-hybridized carbons (Fsp3) is 0.533. The van der Waals surface area contributed by atoms with Crippen LogP contribution in [0, 0.1) is 0 Å². The number of methoxy groups -OCH3 is 1. The Morgan fingerprint density at radius 3 is 2.89 bits per heavy atom. The van der Waals surface area contributed by atoms with Gasteiger partial charge in [0.05, 0.1) is 23.2 Å². The van der Waals surface area contributed by atoms with Crippen molar-refractivity contribution in [3.63, 3.8) is 0 Å². The summed E-state index contributed by atoms with van der Waals surface area (Å²) in [5.41, 5.74) is 2.40. The molecule has 2 atom stereocenters. The Morgan fingerprint density at radius 2 is 2.16 bits per heavy atom. The van der Waals surface area contributed by atoms with Gasteiger partial charge in [-0.1, -0.05) is 12.1 Å². The molecule has 1 N–H and O–H groups in total. The monoisotopic (exact) mass is 257 g/mol. The zero-order valence-corrected chi connectivity index (χ0v) is 11.2. The lowest BCUT2D eigenvalue weighted by Crippen LogP contribution is -2.18. The van der Waals surface area contributed by atoms with E-state index in [1.807, 2.05) is 0 Å². The van der Waals surface area contributed by atoms with E-state index in [1.54, 1.807) is 7.11 Å². The second-order valence-corrected chi connectivity index (χ2v) is 5.61. The summed E-state index contributed by atoms with van der Waals surface area (Å²) < 4.78 is 7.90. The van der Waals surface area contributed by atoms with Gasteiger partial charge in [0.15, 0.2) is 0 Å². The van der Waals surface area contributed by atoms with Crippen molar-refractivity contribution in [1.82, 2.24) is 14.9 Å². The molecule has 2 heterocycles. The molecule has 4 rings (SSSR count). The van der Waals surface area contributed by atoms with E-state index in [0.29, 0.717) is 18.2 Å². The Hall–Kier alpha value is -1.39. The van der Waals surface area contributed by atoms with Gasteiger partial charge in [-0.05, 0) is 31.4 Å². The molecular formula is C15H19N3O. The molecule has 1 aliphatic carbocycles. The summed E-state index contributed by atoms with van der Waals surface area (Å²) in [6.45, 7) is 0.926. The van der Waals surface area contributed by atoms with Crippen LogP contribution in [-0.2, 0) is 4.74 Å². The van der Waals surface area contributed by atoms with Gasteiger partial charge in [-0.25, -0.2) is 4.98 Å². The second-order valence-electron chi connectivity index (χ2n) is 5.61. The number of rotatable bonds is 3. The van der Waals surface area contributed by atoms with E-state index in [0.717, 1.165) is 18.5 Å². The molecule has 0 bridgehead atoms. The Labute approximate surface area is 112 Å². The molecule has 1 aromatic heterocycles. The number of hydrogen-bond acceptors (Lipinski definition) is 3. The fourth-order valence-electron chi connectivity index (χ4n) is 3.10. The van der Waals surface area contributed by atoms with Crippen LogP contribution in [0.4, 0.5) is 0 Å². The Kier molecular flexibility index (Phi) is 2.60. The van der Waals surface area contributed by atoms with Crippen molar-refractivity contribution < 1.29 is 4.74 Å². The first-order valence-corrected chi connectivity index (χ1v) is 7.10. The number of imidazole rings is 1. The molecular weight excluding hydrogens is 238 g/mol. The lowest BCUT2D eigenvalue weighted by Gasteiger charge is -2.13. The molecule has 100 valence electrons. The molecule has 1 aromatic carbocycles. The standard InChI is InChI=1S/C15H19N3O/c1-19-11-8-13(16-9-11)15-17-12-4-2-3-5-14(12)18(15)10-6-7-10/h2-5,10-11,13,16H,6-9H2,1H3. The fourth-order valence-corrected chi connectivity index (χ4v) is 3.10. The number of benzene rings is 1. The van der Waals surface area contributed by atoms with Gasteiger partial charge in [0.2, 0.25) is 0 Å². The number of fused-ring (bicyclic) bond motifs is 1. The predicted octanol–water partition coefficient (Wildman–Crippen LogP) is 2.42. The summed E-state index contributed by atoms with van der Waals surface area (Å²) in [4.78, 5) is 4.87. The summed E-state index contributed by atoms with van der Waals surface area (Å²) in [5.74, 6) is 1.20. The first kappa shape index (κ1) is 11.4. The zero-order valence-electron chi connectivity index (χ0n) is 11.2. The minimum Gasteiger partial charge on any atom is -0.380 e. The molecule has 2 aliphatic rings. The molecule has 2 fully saturated rings. The van der Waals surface area contributed by atoms with E-state index >= 15 is 0 Å². The maximum atomic E-state index is 5.45. The van der Waals surface area contributed by atoms with E-state index in [1.165, 1.54) is 24.2 Å². The van der Waals surface area contributed by atoms with E-state index < -0.39 is 0 Å². The quantitative estimate of drug-likeness (QED) is 0.918. The Balaban J connectivity index is 1.78. The molecule has 0 spiro atoms. The maximum absolute atomic E-state index is 5.45. The second kappa shape index (κ2) is 4.32. The van der Waals surface area contributed by atoms with Crippen LogP contribution in [0.15, 0.2) is 24.3 Å². The molecule has 4 heteroatoms. The molecule has 19 heavy (non-hydrogen) atoms. The van der Waals surface area contributed by atoms with Crippen LogP contribution in [-0.4, -0.2) is 29.3 Å². The highest BCUT2D eigenvalue weighted by Crippen LogP contribution is 2.41. The molecule has 4 nitrogen and oxygen atoms in total. The Morgan fingerprint density at radius 1 is 1.32 bits per heavy atom. The van der Waals surface area contributed by atoms with Crippen LogP contribution < -0.4 is 5.32 Å². The topological polar surface area (TPSA) is 39.1 Å². The molecule has 1 aliphatic heterocycles. The zero-order chi connectivity index (χ0) is 12.8. The minimum absolute atomic E-state index is 0.317. The molecule has 2 unspecified atom stereocenters. The maximum Gasteiger partial charge on any atom is 0.127 e. The average molecular weight is 257 g/mol. The highest BCUT2D eigenvalue weighted by atomic mass is 16.5. The van der Waals surface area contributed by atoms with E-state index in [9.17, 15) is 0 Å². The number of hydrogen-bond donors (Lipinski definition) is 1. The lowest BCUT2D eigenvalue weighted by molar-refractivity contribution is 0.117. The van der Waals surface area contributed by atoms with Crippen molar-refractivity contribution in [1.29, 1.82) is 0 Å². The molecule has 1 saturated carbocycles. The van der Waals surface area contributed by atoms with Crippen molar-refractivity contribution in [2.75, 3.05) is 13.7 Å². The van der Waals surface area contributed by atoms with Gasteiger partial charge in [-0.3, -0.25) is 0 Å². The van der Waals surface area contributed by atoms with E-state index in [2.05, 4.69) is 34.1 Å². The van der Waals surface area contributed by atoms with Crippen LogP contribution in [0.25, 0.3) is 11.0 Å². The third-order valence-corrected chi connectivity index (χ3v) is 4.27. The largest absolute Gasteiger partial charge is 0.380 e. The third-order valence-electron chi connectivity index (χ3n) is 4.27. The van der Waals surface area contributed by atoms with Crippen LogP contribution in [0.2, 0.25) is 0 Å². The van der Waals surface area contributed by atoms with Crippen molar-refractivity contribution in [2.45, 2.75) is 37.5 Å². The number of para-hydroxylation sites is 2. The van der Waals surface area contributed by atoms with Gasteiger partial charge >= 0.3 is 0 Å². The van der Waals surface area contributed by atoms with Gasteiger partial charge in [-0.15, -0.1) is 0 Å². The van der Waals surface area contributed by atoms with Crippen molar-refractivity contribution in [3.05, 3.63) is 30.1 Å². The molecule has 2 aromatic rings. The van der Waals surface area contributed by atoms with Gasteiger partial charge in [0.1, 0.15) is 5.82 Å². The number of nitrogens with zero attached hydrogens (tertiary/aromatic N) is 2. The number of aromatic nitrogens is 2. The van der Waals surface area contributed by atoms with Gasteiger partial charge in [0, 0.05) is 19.7 Å². The van der Waals surface area contributed by atoms with Crippen LogP contribution in [0.5, 0.6) is 0 Å². The van der Waals surface area contributed by atoms with Gasteiger partial charge in [0.25, 0.3) is 0 Å². The van der Waals surface area contributed by atoms with Crippen LogP contribution >= 0.6 is 0 Å². The number of nitrogens with one attached hydrogen (secondary N) is 1. The summed E-state index contributed by atoms with van der Waals surface area (Å²) in [6, 6.07) is 9.46. The summed E-state index contributed by atoms with van der Waals surface area (Å²) in [6.07, 6.45) is 3.91. The van der Waals surface area contributed by atoms with E-state index in [-0.39, 0.29) is 0 Å². The summed E-state index contributed by atoms with van der Waals surface area (Å²) in [5, 5.41) is 3.55. The smallest absolute Gasteiger partial charge is 0.127 e. The first-order valence-electron chi connectivity index (χ1n) is 7.10. The normalized spacial score (nSPS) is 27.2. The Bertz CT molecular complexity index is 602. The highest BCUT2D eigenvalue weighted by molar-refractivity contribution is 5.76. The molecule has 1 saturated heterocycles. The van der Waals surface area contributed by atoms with Crippen molar-refractivity contribution in [2.24, 2.45) is 0 Å². The van der Waals surface area contributed by atoms with Gasteiger partial charge < -0.3 is 14.6 Å². The summed E-state index contributed by atoms with van der Waals surface area (Å²) in [7, 11) is 1.79. The van der Waals surface area contributed by atoms with E-state index in [4.69, 9.17) is 9.72 Å². The average Bonchev–Trinajstić information content (AvgIpc) is 3.05. The predicted molar refractivity (Wildman–Crippen MR) is 74.2 cm³/mol. The molecule has 0 amide bonds. The van der Waals surface area contributed by atoms with Crippen LogP contribution in [0.1, 0.15) is 37.2 Å². The number of ether oxygens (including phenoxy) is 1. The third kappa shape index (κ3) is 1.86. The minimum atomic E-state index is 0.317.